The average molecular weight is 342 g/mol. The lowest BCUT2D eigenvalue weighted by atomic mass is 10.2. The van der Waals surface area contributed by atoms with Crippen molar-refractivity contribution in [3.05, 3.63) is 48.5 Å². The van der Waals surface area contributed by atoms with E-state index in [0.717, 1.165) is 12.2 Å². The molecule has 1 saturated heterocycles. The van der Waals surface area contributed by atoms with Gasteiger partial charge < -0.3 is 25.3 Å². The Labute approximate surface area is 146 Å². The summed E-state index contributed by atoms with van der Waals surface area (Å²) >= 11 is 0. The second-order valence-electron chi connectivity index (χ2n) is 5.85. The molecule has 6 nitrogen and oxygen atoms in total. The number of carbonyl (C=O) groups excluding carboxylic acids is 1. The molecule has 1 amide bonds. The third kappa shape index (κ3) is 4.49. The summed E-state index contributed by atoms with van der Waals surface area (Å²) in [5, 5.41) is 2.86. The second kappa shape index (κ2) is 8.00. The fourth-order valence-corrected chi connectivity index (χ4v) is 2.70. The molecule has 0 aromatic heterocycles. The number of rotatable bonds is 6. The smallest absolute Gasteiger partial charge is 0.253 e. The maximum atomic E-state index is 12.2. The predicted octanol–water partition coefficient (Wildman–Crippen LogP) is 2.93. The zero-order chi connectivity index (χ0) is 17.6. The van der Waals surface area contributed by atoms with Gasteiger partial charge in [-0.3, -0.25) is 4.79 Å². The molecule has 0 radical (unpaired) electrons. The maximum Gasteiger partial charge on any atom is 0.253 e. The molecule has 1 aliphatic rings. The average Bonchev–Trinajstić information content (AvgIpc) is 3.13. The van der Waals surface area contributed by atoms with E-state index in [1.165, 1.54) is 0 Å². The van der Waals surface area contributed by atoms with Crippen molar-refractivity contribution in [2.45, 2.75) is 25.0 Å². The summed E-state index contributed by atoms with van der Waals surface area (Å²) in [5.74, 6) is 1.95. The van der Waals surface area contributed by atoms with E-state index in [1.54, 1.807) is 37.4 Å². The molecule has 0 saturated carbocycles. The predicted molar refractivity (Wildman–Crippen MR) is 95.1 cm³/mol. The summed E-state index contributed by atoms with van der Waals surface area (Å²) in [6.45, 7) is 0.445. The Morgan fingerprint density at radius 3 is 2.60 bits per heavy atom. The minimum atomic E-state index is -0.429. The van der Waals surface area contributed by atoms with Crippen molar-refractivity contribution in [2.75, 3.05) is 19.0 Å². The van der Waals surface area contributed by atoms with E-state index in [2.05, 4.69) is 5.32 Å². The van der Waals surface area contributed by atoms with E-state index >= 15 is 0 Å². The number of nitrogens with one attached hydrogen (secondary N) is 1. The van der Waals surface area contributed by atoms with Crippen LogP contribution in [0, 0.1) is 0 Å². The molecular formula is C19H22N2O4. The lowest BCUT2D eigenvalue weighted by Gasteiger charge is -2.13. The normalized spacial score (nSPS) is 19.4. The summed E-state index contributed by atoms with van der Waals surface area (Å²) in [7, 11) is 1.61. The van der Waals surface area contributed by atoms with Crippen LogP contribution < -0.4 is 20.5 Å². The fraction of sp³-hybridized carbons (Fsp3) is 0.316. The van der Waals surface area contributed by atoms with E-state index < -0.39 is 6.10 Å². The molecule has 0 spiro atoms. The fourth-order valence-electron chi connectivity index (χ4n) is 2.70. The summed E-state index contributed by atoms with van der Waals surface area (Å²) in [5.41, 5.74) is 6.27. The van der Waals surface area contributed by atoms with Crippen LogP contribution in [-0.4, -0.2) is 31.8 Å². The van der Waals surface area contributed by atoms with Gasteiger partial charge in [0.15, 0.2) is 0 Å². The number of benzene rings is 2. The number of hydrogen-bond donors (Lipinski definition) is 2. The first-order valence-electron chi connectivity index (χ1n) is 8.26. The Morgan fingerprint density at radius 1 is 1.16 bits per heavy atom. The van der Waals surface area contributed by atoms with Crippen molar-refractivity contribution in [1.82, 2.24) is 0 Å². The second-order valence-corrected chi connectivity index (χ2v) is 5.85. The number of hydrogen-bond acceptors (Lipinski definition) is 5. The van der Waals surface area contributed by atoms with Crippen LogP contribution in [0.4, 0.5) is 5.69 Å². The molecular weight excluding hydrogens is 320 g/mol. The van der Waals surface area contributed by atoms with Crippen LogP contribution in [0.15, 0.2) is 48.5 Å². The molecule has 1 fully saturated rings. The van der Waals surface area contributed by atoms with Crippen LogP contribution in [0.5, 0.6) is 17.2 Å². The number of amides is 1. The van der Waals surface area contributed by atoms with Crippen LogP contribution in [0.1, 0.15) is 12.8 Å². The molecule has 3 N–H and O–H groups in total. The highest BCUT2D eigenvalue weighted by atomic mass is 16.5. The molecule has 6 heteroatoms. The summed E-state index contributed by atoms with van der Waals surface area (Å²) in [6, 6.07) is 14.6. The van der Waals surface area contributed by atoms with Crippen molar-refractivity contribution in [3.8, 4) is 17.2 Å². The first-order valence-corrected chi connectivity index (χ1v) is 8.26. The molecule has 1 heterocycles. The quantitative estimate of drug-likeness (QED) is 0.843. The number of methoxy groups -OCH3 is 1. The first-order chi connectivity index (χ1) is 12.2. The SMILES string of the molecule is COc1cccc(Oc2ccc(NC(=O)[C@@H]3CC[C@H](CN)O3)cc2)c1. The molecule has 25 heavy (non-hydrogen) atoms. The van der Waals surface area contributed by atoms with E-state index in [9.17, 15) is 4.79 Å². The highest BCUT2D eigenvalue weighted by Crippen LogP contribution is 2.26. The molecule has 132 valence electrons. The standard InChI is InChI=1S/C19H22N2O4/c1-23-15-3-2-4-16(11-15)24-14-7-5-13(6-8-14)21-19(22)18-10-9-17(12-20)25-18/h2-8,11,17-18H,9-10,12,20H2,1H3,(H,21,22)/t17-,18+/m1/s1. The third-order valence-electron chi connectivity index (χ3n) is 4.06. The summed E-state index contributed by atoms with van der Waals surface area (Å²) in [6.07, 6.45) is 1.07. The van der Waals surface area contributed by atoms with Crippen molar-refractivity contribution >= 4 is 11.6 Å². The van der Waals surface area contributed by atoms with Gasteiger partial charge in [0, 0.05) is 18.3 Å². The van der Waals surface area contributed by atoms with Crippen molar-refractivity contribution in [3.63, 3.8) is 0 Å². The van der Waals surface area contributed by atoms with Gasteiger partial charge in [-0.15, -0.1) is 0 Å². The summed E-state index contributed by atoms with van der Waals surface area (Å²) in [4.78, 5) is 12.2. The maximum absolute atomic E-state index is 12.2. The van der Waals surface area contributed by atoms with Crippen LogP contribution in [0.25, 0.3) is 0 Å². The topological polar surface area (TPSA) is 82.8 Å². The van der Waals surface area contributed by atoms with Crippen LogP contribution in [0.2, 0.25) is 0 Å². The van der Waals surface area contributed by atoms with Crippen LogP contribution >= 0.6 is 0 Å². The zero-order valence-electron chi connectivity index (χ0n) is 14.1. The van der Waals surface area contributed by atoms with Crippen molar-refractivity contribution < 1.29 is 19.0 Å². The monoisotopic (exact) mass is 342 g/mol. The minimum absolute atomic E-state index is 0.0191. The minimum Gasteiger partial charge on any atom is -0.497 e. The molecule has 3 rings (SSSR count). The molecule has 2 aromatic carbocycles. The molecule has 2 atom stereocenters. The summed E-state index contributed by atoms with van der Waals surface area (Å²) < 4.78 is 16.5. The highest BCUT2D eigenvalue weighted by Gasteiger charge is 2.29. The molecule has 0 bridgehead atoms. The van der Waals surface area contributed by atoms with Crippen LogP contribution in [0.3, 0.4) is 0 Å². The van der Waals surface area contributed by atoms with Gasteiger partial charge in [-0.1, -0.05) is 6.07 Å². The van der Waals surface area contributed by atoms with Gasteiger partial charge in [0.05, 0.1) is 13.2 Å². The van der Waals surface area contributed by atoms with Gasteiger partial charge in [0.25, 0.3) is 5.91 Å². The van der Waals surface area contributed by atoms with E-state index in [0.29, 0.717) is 30.2 Å². The Balaban J connectivity index is 1.57. The lowest BCUT2D eigenvalue weighted by molar-refractivity contribution is -0.126. The Kier molecular flexibility index (Phi) is 5.53. The zero-order valence-corrected chi connectivity index (χ0v) is 14.1. The molecule has 0 aliphatic carbocycles. The lowest BCUT2D eigenvalue weighted by Crippen LogP contribution is -2.29. The molecule has 0 unspecified atom stereocenters. The van der Waals surface area contributed by atoms with Gasteiger partial charge in [-0.25, -0.2) is 0 Å². The van der Waals surface area contributed by atoms with Crippen molar-refractivity contribution in [1.29, 1.82) is 0 Å². The van der Waals surface area contributed by atoms with Gasteiger partial charge in [-0.2, -0.15) is 0 Å². The first kappa shape index (κ1) is 17.3. The molecule has 1 aliphatic heterocycles. The number of ether oxygens (including phenoxy) is 3. The van der Waals surface area contributed by atoms with Gasteiger partial charge in [-0.05, 0) is 49.2 Å². The van der Waals surface area contributed by atoms with Crippen LogP contribution in [-0.2, 0) is 9.53 Å². The number of nitrogens with two attached hydrogens (primary N) is 1. The van der Waals surface area contributed by atoms with Gasteiger partial charge in [0.2, 0.25) is 0 Å². The third-order valence-corrected chi connectivity index (χ3v) is 4.06. The Hall–Kier alpha value is -2.57. The van der Waals surface area contributed by atoms with Crippen molar-refractivity contribution in [2.24, 2.45) is 5.73 Å². The largest absolute Gasteiger partial charge is 0.497 e. The van der Waals surface area contributed by atoms with Gasteiger partial charge >= 0.3 is 0 Å². The highest BCUT2D eigenvalue weighted by molar-refractivity contribution is 5.94. The van der Waals surface area contributed by atoms with Gasteiger partial charge in [0.1, 0.15) is 23.4 Å². The number of anilines is 1. The Bertz CT molecular complexity index is 718. The Morgan fingerprint density at radius 2 is 1.92 bits per heavy atom. The van der Waals surface area contributed by atoms with E-state index in [4.69, 9.17) is 19.9 Å². The van der Waals surface area contributed by atoms with E-state index in [-0.39, 0.29) is 12.0 Å². The van der Waals surface area contributed by atoms with E-state index in [1.807, 2.05) is 18.2 Å². The number of carbonyl (C=O) groups is 1. The molecule has 2 aromatic rings.